The molecule has 0 amide bonds. The fourth-order valence-electron chi connectivity index (χ4n) is 2.43. The van der Waals surface area contributed by atoms with Gasteiger partial charge in [-0.3, -0.25) is 0 Å². The van der Waals surface area contributed by atoms with E-state index in [1.165, 1.54) is 11.1 Å². The molecule has 0 aliphatic rings. The van der Waals surface area contributed by atoms with E-state index in [0.717, 1.165) is 11.5 Å². The molecule has 0 fully saturated rings. The first kappa shape index (κ1) is 11.7. The third-order valence-electron chi connectivity index (χ3n) is 3.30. The predicted octanol–water partition coefficient (Wildman–Crippen LogP) is 3.90. The number of aromatic nitrogens is 2. The Hall–Kier alpha value is -2.35. The van der Waals surface area contributed by atoms with Crippen LogP contribution in [0.4, 0.5) is 0 Å². The molecule has 0 unspecified atom stereocenters. The number of aryl methyl sites for hydroxylation is 1. The number of nitrogens with zero attached hydrogens (tertiary/aromatic N) is 1. The molecule has 1 aromatic heterocycles. The predicted molar refractivity (Wildman–Crippen MR) is 77.2 cm³/mol. The van der Waals surface area contributed by atoms with Crippen molar-refractivity contribution < 1.29 is 0 Å². The third kappa shape index (κ3) is 2.43. The van der Waals surface area contributed by atoms with E-state index in [0.29, 0.717) is 0 Å². The minimum absolute atomic E-state index is 0.212. The summed E-state index contributed by atoms with van der Waals surface area (Å²) in [5, 5.41) is 0. The van der Waals surface area contributed by atoms with Gasteiger partial charge in [-0.15, -0.1) is 0 Å². The van der Waals surface area contributed by atoms with Crippen LogP contribution in [-0.4, -0.2) is 9.97 Å². The van der Waals surface area contributed by atoms with Gasteiger partial charge < -0.3 is 4.98 Å². The van der Waals surface area contributed by atoms with Gasteiger partial charge in [0.15, 0.2) is 0 Å². The van der Waals surface area contributed by atoms with Gasteiger partial charge >= 0.3 is 0 Å². The van der Waals surface area contributed by atoms with Crippen LogP contribution in [0.25, 0.3) is 0 Å². The van der Waals surface area contributed by atoms with E-state index >= 15 is 0 Å². The van der Waals surface area contributed by atoms with Gasteiger partial charge in [0.1, 0.15) is 5.82 Å². The molecule has 19 heavy (non-hydrogen) atoms. The van der Waals surface area contributed by atoms with Crippen LogP contribution in [0, 0.1) is 6.92 Å². The average Bonchev–Trinajstić information content (AvgIpc) is 2.88. The summed E-state index contributed by atoms with van der Waals surface area (Å²) in [6.07, 6.45) is 1.93. The highest BCUT2D eigenvalue weighted by Crippen LogP contribution is 2.30. The topological polar surface area (TPSA) is 28.7 Å². The van der Waals surface area contributed by atoms with Crippen LogP contribution in [-0.2, 0) is 0 Å². The van der Waals surface area contributed by atoms with Crippen molar-refractivity contribution in [1.82, 2.24) is 9.97 Å². The number of aromatic amines is 1. The molecule has 0 bridgehead atoms. The van der Waals surface area contributed by atoms with Gasteiger partial charge in [-0.25, -0.2) is 4.98 Å². The molecule has 94 valence electrons. The smallest absolute Gasteiger partial charge is 0.103 e. The number of nitrogens with one attached hydrogen (secondary N) is 1. The van der Waals surface area contributed by atoms with Gasteiger partial charge in [-0.1, -0.05) is 60.7 Å². The molecule has 0 saturated heterocycles. The number of H-pyrrole nitrogens is 1. The summed E-state index contributed by atoms with van der Waals surface area (Å²) in [7, 11) is 0. The maximum atomic E-state index is 4.33. The summed E-state index contributed by atoms with van der Waals surface area (Å²) in [6, 6.07) is 21.0. The maximum Gasteiger partial charge on any atom is 0.103 e. The largest absolute Gasteiger partial charge is 0.345 e. The Kier molecular flexibility index (Phi) is 3.15. The Bertz CT molecular complexity index is 602. The molecule has 0 aliphatic heterocycles. The van der Waals surface area contributed by atoms with E-state index in [4.69, 9.17) is 0 Å². The van der Waals surface area contributed by atoms with E-state index in [9.17, 15) is 0 Å². The first-order valence-electron chi connectivity index (χ1n) is 6.46. The molecule has 1 heterocycles. The van der Waals surface area contributed by atoms with Crippen molar-refractivity contribution in [1.29, 1.82) is 0 Å². The standard InChI is InChI=1S/C17H16N2/c1-13-18-12-16(19-13)17(14-8-4-2-5-9-14)15-10-6-3-7-11-15/h2-12,17H,1H3,(H,18,19). The molecule has 2 aromatic carbocycles. The number of hydrogen-bond acceptors (Lipinski definition) is 1. The van der Waals surface area contributed by atoms with Gasteiger partial charge in [0.2, 0.25) is 0 Å². The average molecular weight is 248 g/mol. The summed E-state index contributed by atoms with van der Waals surface area (Å²) in [6.45, 7) is 1.98. The molecule has 0 spiro atoms. The zero-order chi connectivity index (χ0) is 13.1. The van der Waals surface area contributed by atoms with Gasteiger partial charge in [-0.2, -0.15) is 0 Å². The minimum Gasteiger partial charge on any atom is -0.345 e. The van der Waals surface area contributed by atoms with Crippen molar-refractivity contribution in [2.24, 2.45) is 0 Å². The van der Waals surface area contributed by atoms with E-state index in [1.54, 1.807) is 0 Å². The number of imidazole rings is 1. The second-order valence-corrected chi connectivity index (χ2v) is 4.68. The molecular formula is C17H16N2. The number of rotatable bonds is 3. The molecule has 0 saturated carbocycles. The highest BCUT2D eigenvalue weighted by Gasteiger charge is 2.17. The minimum atomic E-state index is 0.212. The van der Waals surface area contributed by atoms with E-state index in [1.807, 2.05) is 25.3 Å². The molecule has 2 heteroatoms. The normalized spacial score (nSPS) is 10.8. The molecule has 3 aromatic rings. The Morgan fingerprint density at radius 2 is 1.37 bits per heavy atom. The van der Waals surface area contributed by atoms with E-state index in [2.05, 4.69) is 58.5 Å². The highest BCUT2D eigenvalue weighted by atomic mass is 14.9. The fourth-order valence-corrected chi connectivity index (χ4v) is 2.43. The summed E-state index contributed by atoms with van der Waals surface area (Å²) in [5.74, 6) is 1.16. The molecular weight excluding hydrogens is 232 g/mol. The highest BCUT2D eigenvalue weighted by molar-refractivity contribution is 5.39. The second-order valence-electron chi connectivity index (χ2n) is 4.68. The van der Waals surface area contributed by atoms with Gasteiger partial charge in [0, 0.05) is 11.9 Å². The Balaban J connectivity index is 2.11. The molecule has 1 N–H and O–H groups in total. The van der Waals surface area contributed by atoms with Crippen molar-refractivity contribution in [3.8, 4) is 0 Å². The second kappa shape index (κ2) is 5.11. The van der Waals surface area contributed by atoms with Crippen molar-refractivity contribution in [3.05, 3.63) is 89.5 Å². The van der Waals surface area contributed by atoms with Crippen LogP contribution in [0.3, 0.4) is 0 Å². The number of benzene rings is 2. The molecule has 0 atom stereocenters. The van der Waals surface area contributed by atoms with Crippen molar-refractivity contribution in [2.45, 2.75) is 12.8 Å². The quantitative estimate of drug-likeness (QED) is 0.748. The van der Waals surface area contributed by atoms with Crippen molar-refractivity contribution in [3.63, 3.8) is 0 Å². The molecule has 0 radical (unpaired) electrons. The van der Waals surface area contributed by atoms with Crippen LogP contribution in [0.15, 0.2) is 66.9 Å². The van der Waals surface area contributed by atoms with E-state index < -0.39 is 0 Å². The van der Waals surface area contributed by atoms with Crippen LogP contribution in [0.2, 0.25) is 0 Å². The monoisotopic (exact) mass is 248 g/mol. The third-order valence-corrected chi connectivity index (χ3v) is 3.30. The van der Waals surface area contributed by atoms with Gasteiger partial charge in [0.05, 0.1) is 5.92 Å². The number of hydrogen-bond donors (Lipinski definition) is 1. The lowest BCUT2D eigenvalue weighted by Crippen LogP contribution is -2.03. The Morgan fingerprint density at radius 1 is 0.842 bits per heavy atom. The SMILES string of the molecule is Cc1ncc(C(c2ccccc2)c2ccccc2)[nH]1. The molecule has 0 aliphatic carbocycles. The maximum absolute atomic E-state index is 4.33. The van der Waals surface area contributed by atoms with Crippen LogP contribution in [0.5, 0.6) is 0 Å². The molecule has 2 nitrogen and oxygen atoms in total. The lowest BCUT2D eigenvalue weighted by Gasteiger charge is -2.16. The fraction of sp³-hybridized carbons (Fsp3) is 0.118. The van der Waals surface area contributed by atoms with Crippen LogP contribution < -0.4 is 0 Å². The van der Waals surface area contributed by atoms with Crippen molar-refractivity contribution in [2.75, 3.05) is 0 Å². The van der Waals surface area contributed by atoms with E-state index in [-0.39, 0.29) is 5.92 Å². The summed E-state index contributed by atoms with van der Waals surface area (Å²) >= 11 is 0. The summed E-state index contributed by atoms with van der Waals surface area (Å²) in [4.78, 5) is 7.69. The van der Waals surface area contributed by atoms with Crippen LogP contribution in [0.1, 0.15) is 28.6 Å². The zero-order valence-electron chi connectivity index (χ0n) is 10.9. The summed E-state index contributed by atoms with van der Waals surface area (Å²) in [5.41, 5.74) is 3.68. The Labute approximate surface area is 113 Å². The van der Waals surface area contributed by atoms with Crippen molar-refractivity contribution >= 4 is 0 Å². The lowest BCUT2D eigenvalue weighted by atomic mass is 9.89. The Morgan fingerprint density at radius 3 is 1.79 bits per heavy atom. The first-order valence-corrected chi connectivity index (χ1v) is 6.46. The molecule has 3 rings (SSSR count). The van der Waals surface area contributed by atoms with Gasteiger partial charge in [0.25, 0.3) is 0 Å². The summed E-state index contributed by atoms with van der Waals surface area (Å²) < 4.78 is 0. The van der Waals surface area contributed by atoms with Crippen LogP contribution >= 0.6 is 0 Å². The lowest BCUT2D eigenvalue weighted by molar-refractivity contribution is 0.926. The first-order chi connectivity index (χ1) is 9.34. The van der Waals surface area contributed by atoms with Gasteiger partial charge in [-0.05, 0) is 18.1 Å². The zero-order valence-corrected chi connectivity index (χ0v) is 10.9.